The molecule has 6 heteroatoms. The van der Waals surface area contributed by atoms with Gasteiger partial charge in [-0.05, 0) is 43.2 Å². The Labute approximate surface area is 152 Å². The molecule has 26 heavy (non-hydrogen) atoms. The van der Waals surface area contributed by atoms with Gasteiger partial charge in [0.2, 0.25) is 5.91 Å². The van der Waals surface area contributed by atoms with Gasteiger partial charge >= 0.3 is 5.97 Å². The number of hydrogen-bond donors (Lipinski definition) is 2. The van der Waals surface area contributed by atoms with Crippen molar-refractivity contribution < 1.29 is 19.1 Å². The van der Waals surface area contributed by atoms with E-state index < -0.39 is 11.9 Å². The molecule has 0 spiro atoms. The van der Waals surface area contributed by atoms with Crippen molar-refractivity contribution in [3.8, 4) is 0 Å². The molecule has 0 aromatic heterocycles. The van der Waals surface area contributed by atoms with Crippen LogP contribution < -0.4 is 10.6 Å². The zero-order valence-corrected chi connectivity index (χ0v) is 14.7. The van der Waals surface area contributed by atoms with Gasteiger partial charge in [-0.1, -0.05) is 30.3 Å². The van der Waals surface area contributed by atoms with Crippen LogP contribution in [-0.4, -0.2) is 24.4 Å². The second-order valence-electron chi connectivity index (χ2n) is 5.85. The monoisotopic (exact) mass is 354 g/mol. The molecule has 136 valence electrons. The van der Waals surface area contributed by atoms with Crippen molar-refractivity contribution in [3.63, 3.8) is 0 Å². The fourth-order valence-electron chi connectivity index (χ4n) is 2.28. The van der Waals surface area contributed by atoms with Crippen LogP contribution in [0, 0.1) is 6.92 Å². The first-order valence-electron chi connectivity index (χ1n) is 8.40. The van der Waals surface area contributed by atoms with Gasteiger partial charge in [-0.3, -0.25) is 14.4 Å². The number of carbonyl (C=O) groups excluding carboxylic acids is 3. The van der Waals surface area contributed by atoms with Gasteiger partial charge in [0.25, 0.3) is 5.91 Å². The van der Waals surface area contributed by atoms with Crippen LogP contribution in [0.2, 0.25) is 0 Å². The molecule has 2 aromatic carbocycles. The molecule has 0 aliphatic heterocycles. The molecule has 6 nitrogen and oxygen atoms in total. The van der Waals surface area contributed by atoms with E-state index in [4.69, 9.17) is 4.74 Å². The van der Waals surface area contributed by atoms with Gasteiger partial charge in [0, 0.05) is 24.2 Å². The molecule has 0 unspecified atom stereocenters. The van der Waals surface area contributed by atoms with Crippen LogP contribution in [-0.2, 0) is 19.1 Å². The molecular weight excluding hydrogens is 332 g/mol. The van der Waals surface area contributed by atoms with Crippen molar-refractivity contribution in [2.45, 2.75) is 26.2 Å². The maximum absolute atomic E-state index is 11.8. The summed E-state index contributed by atoms with van der Waals surface area (Å²) in [6.45, 7) is 1.58. The predicted molar refractivity (Wildman–Crippen MR) is 99.7 cm³/mol. The second kappa shape index (κ2) is 9.98. The first-order chi connectivity index (χ1) is 12.5. The number of para-hydroxylation sites is 1. The Morgan fingerprint density at radius 2 is 1.54 bits per heavy atom. The third kappa shape index (κ3) is 7.17. The molecule has 0 saturated heterocycles. The summed E-state index contributed by atoms with van der Waals surface area (Å²) in [5.41, 5.74) is 2.39. The molecule has 2 aromatic rings. The number of hydrogen-bond acceptors (Lipinski definition) is 4. The largest absolute Gasteiger partial charge is 0.456 e. The number of carbonyl (C=O) groups is 3. The van der Waals surface area contributed by atoms with E-state index in [0.29, 0.717) is 17.8 Å². The van der Waals surface area contributed by atoms with Gasteiger partial charge in [0.05, 0.1) is 0 Å². The van der Waals surface area contributed by atoms with Gasteiger partial charge in [0.15, 0.2) is 6.61 Å². The Balaban J connectivity index is 1.61. The average Bonchev–Trinajstić information content (AvgIpc) is 2.61. The second-order valence-corrected chi connectivity index (χ2v) is 5.85. The third-order valence-electron chi connectivity index (χ3n) is 3.51. The fraction of sp³-hybridized carbons (Fsp3) is 0.250. The maximum Gasteiger partial charge on any atom is 0.306 e. The van der Waals surface area contributed by atoms with Crippen LogP contribution in [0.25, 0.3) is 0 Å². The molecule has 0 aliphatic rings. The highest BCUT2D eigenvalue weighted by Gasteiger charge is 2.09. The van der Waals surface area contributed by atoms with Crippen molar-refractivity contribution in [1.82, 2.24) is 0 Å². The van der Waals surface area contributed by atoms with Crippen molar-refractivity contribution in [2.75, 3.05) is 17.2 Å². The third-order valence-corrected chi connectivity index (χ3v) is 3.51. The van der Waals surface area contributed by atoms with E-state index in [1.165, 1.54) is 0 Å². The summed E-state index contributed by atoms with van der Waals surface area (Å²) < 4.78 is 4.92. The van der Waals surface area contributed by atoms with Crippen molar-refractivity contribution >= 4 is 29.2 Å². The van der Waals surface area contributed by atoms with Gasteiger partial charge in [0.1, 0.15) is 0 Å². The molecule has 0 aliphatic carbocycles. The van der Waals surface area contributed by atoms with E-state index >= 15 is 0 Å². The molecule has 2 amide bonds. The lowest BCUT2D eigenvalue weighted by atomic mass is 10.2. The molecular formula is C20H22N2O4. The van der Waals surface area contributed by atoms with Crippen LogP contribution >= 0.6 is 0 Å². The lowest BCUT2D eigenvalue weighted by molar-refractivity contribution is -0.147. The first kappa shape index (κ1) is 19.2. The lowest BCUT2D eigenvalue weighted by Gasteiger charge is -2.07. The summed E-state index contributed by atoms with van der Waals surface area (Å²) >= 11 is 0. The SMILES string of the molecule is Cc1cccc(NC(=O)COC(=O)CCCC(=O)Nc2ccccc2)c1. The summed E-state index contributed by atoms with van der Waals surface area (Å²) in [7, 11) is 0. The Morgan fingerprint density at radius 1 is 0.846 bits per heavy atom. The van der Waals surface area contributed by atoms with Gasteiger partial charge in [-0.25, -0.2) is 0 Å². The Hall–Kier alpha value is -3.15. The van der Waals surface area contributed by atoms with E-state index in [9.17, 15) is 14.4 Å². The van der Waals surface area contributed by atoms with E-state index in [1.54, 1.807) is 18.2 Å². The molecule has 0 saturated carbocycles. The zero-order chi connectivity index (χ0) is 18.8. The molecule has 0 bridgehead atoms. The summed E-state index contributed by atoms with van der Waals surface area (Å²) in [4.78, 5) is 35.2. The molecule has 0 fully saturated rings. The minimum absolute atomic E-state index is 0.0833. The number of esters is 1. The van der Waals surface area contributed by atoms with Crippen LogP contribution in [0.1, 0.15) is 24.8 Å². The lowest BCUT2D eigenvalue weighted by Crippen LogP contribution is -2.21. The summed E-state index contributed by atoms with van der Waals surface area (Å²) in [6.07, 6.45) is 0.649. The van der Waals surface area contributed by atoms with Crippen LogP contribution in [0.4, 0.5) is 11.4 Å². The van der Waals surface area contributed by atoms with Gasteiger partial charge in [-0.2, -0.15) is 0 Å². The normalized spacial score (nSPS) is 10.0. The molecule has 0 atom stereocenters. The number of aryl methyl sites for hydroxylation is 1. The number of ether oxygens (including phenoxy) is 1. The van der Waals surface area contributed by atoms with Gasteiger partial charge < -0.3 is 15.4 Å². The van der Waals surface area contributed by atoms with Crippen molar-refractivity contribution in [1.29, 1.82) is 0 Å². The van der Waals surface area contributed by atoms with Gasteiger partial charge in [-0.15, -0.1) is 0 Å². The number of rotatable bonds is 8. The number of amides is 2. The van der Waals surface area contributed by atoms with E-state index in [0.717, 1.165) is 5.56 Å². The Bertz CT molecular complexity index is 759. The maximum atomic E-state index is 11.8. The highest BCUT2D eigenvalue weighted by atomic mass is 16.5. The Kier molecular flexibility index (Phi) is 7.36. The van der Waals surface area contributed by atoms with Crippen LogP contribution in [0.15, 0.2) is 54.6 Å². The van der Waals surface area contributed by atoms with Crippen LogP contribution in [0.5, 0.6) is 0 Å². The molecule has 2 N–H and O–H groups in total. The van der Waals surface area contributed by atoms with E-state index in [-0.39, 0.29) is 25.4 Å². The highest BCUT2D eigenvalue weighted by Crippen LogP contribution is 2.10. The first-order valence-corrected chi connectivity index (χ1v) is 8.40. The predicted octanol–water partition coefficient (Wildman–Crippen LogP) is 3.29. The Morgan fingerprint density at radius 3 is 2.27 bits per heavy atom. The summed E-state index contributed by atoms with van der Waals surface area (Å²) in [5.74, 6) is -1.07. The number of benzene rings is 2. The number of anilines is 2. The standard InChI is InChI=1S/C20H22N2O4/c1-15-7-5-10-17(13-15)22-19(24)14-26-20(25)12-6-11-18(23)21-16-8-3-2-4-9-16/h2-5,7-10,13H,6,11-12,14H2,1H3,(H,21,23)(H,22,24). The minimum Gasteiger partial charge on any atom is -0.456 e. The molecule has 0 radical (unpaired) electrons. The summed E-state index contributed by atoms with van der Waals surface area (Å²) in [6, 6.07) is 16.4. The van der Waals surface area contributed by atoms with Crippen molar-refractivity contribution in [3.05, 3.63) is 60.2 Å². The fourth-order valence-corrected chi connectivity index (χ4v) is 2.28. The summed E-state index contributed by atoms with van der Waals surface area (Å²) in [5, 5.41) is 5.40. The minimum atomic E-state index is -0.503. The quantitative estimate of drug-likeness (QED) is 0.713. The highest BCUT2D eigenvalue weighted by molar-refractivity contribution is 5.93. The van der Waals surface area contributed by atoms with E-state index in [1.807, 2.05) is 43.3 Å². The average molecular weight is 354 g/mol. The molecule has 2 rings (SSSR count). The van der Waals surface area contributed by atoms with E-state index in [2.05, 4.69) is 10.6 Å². The van der Waals surface area contributed by atoms with Crippen LogP contribution in [0.3, 0.4) is 0 Å². The number of nitrogens with one attached hydrogen (secondary N) is 2. The smallest absolute Gasteiger partial charge is 0.306 e. The topological polar surface area (TPSA) is 84.5 Å². The zero-order valence-electron chi connectivity index (χ0n) is 14.7. The molecule has 0 heterocycles. The van der Waals surface area contributed by atoms with Crippen molar-refractivity contribution in [2.24, 2.45) is 0 Å².